The Hall–Kier alpha value is -2.67. The molecule has 1 aromatic heterocycles. The number of aromatic nitrogens is 1. The van der Waals surface area contributed by atoms with Gasteiger partial charge in [0.15, 0.2) is 0 Å². The van der Waals surface area contributed by atoms with Crippen LogP contribution in [0.2, 0.25) is 10.0 Å². The molecule has 8 heteroatoms. The number of hydrogen-bond acceptors (Lipinski definition) is 4. The number of fused-ring (bicyclic) bond motifs is 1. The third-order valence-electron chi connectivity index (χ3n) is 5.71. The van der Waals surface area contributed by atoms with Gasteiger partial charge in [-0.05, 0) is 55.7 Å². The van der Waals surface area contributed by atoms with E-state index in [1.54, 1.807) is 25.1 Å². The van der Waals surface area contributed by atoms with Gasteiger partial charge in [0.1, 0.15) is 11.6 Å². The molecule has 6 nitrogen and oxygen atoms in total. The van der Waals surface area contributed by atoms with E-state index in [2.05, 4.69) is 10.3 Å². The van der Waals surface area contributed by atoms with E-state index in [1.807, 2.05) is 30.3 Å². The Balaban J connectivity index is 1.56. The molecule has 2 aromatic carbocycles. The molecule has 3 aromatic rings. The number of pyridine rings is 1. The van der Waals surface area contributed by atoms with Crippen molar-refractivity contribution in [2.24, 2.45) is 0 Å². The van der Waals surface area contributed by atoms with Crippen molar-refractivity contribution >= 4 is 46.0 Å². The molecule has 0 aliphatic carbocycles. The van der Waals surface area contributed by atoms with Crippen LogP contribution in [-0.4, -0.2) is 40.2 Å². The zero-order valence-electron chi connectivity index (χ0n) is 17.4. The number of hydrogen-bond donors (Lipinski definition) is 2. The number of halogens is 2. The lowest BCUT2D eigenvalue weighted by atomic mass is 9.99. The topological polar surface area (TPSA) is 88.5 Å². The largest absolute Gasteiger partial charge is 0.480 e. The standard InChI is InChI=1S/C24H22Cl2N2O4/c1-24(10-3-11-32-24)23(31)28-20(22(29)30)13-14-6-8-18-15(12-14)7-9-19(27-18)21-16(25)4-2-5-17(21)26/h2,4-9,12,20H,3,10-11,13H2,1H3,(H,28,31)(H,29,30)/t20-,24-/m0/s1. The number of rotatable bonds is 6. The summed E-state index contributed by atoms with van der Waals surface area (Å²) in [5.41, 5.74) is 1.84. The smallest absolute Gasteiger partial charge is 0.326 e. The van der Waals surface area contributed by atoms with Gasteiger partial charge in [-0.25, -0.2) is 9.78 Å². The van der Waals surface area contributed by atoms with Gasteiger partial charge in [0.05, 0.1) is 21.3 Å². The molecule has 4 rings (SSSR count). The fraction of sp³-hybridized carbons (Fsp3) is 0.292. The van der Waals surface area contributed by atoms with E-state index < -0.39 is 23.5 Å². The van der Waals surface area contributed by atoms with Gasteiger partial charge in [0, 0.05) is 24.0 Å². The van der Waals surface area contributed by atoms with E-state index in [-0.39, 0.29) is 6.42 Å². The molecule has 0 radical (unpaired) electrons. The number of amides is 1. The summed E-state index contributed by atoms with van der Waals surface area (Å²) in [5, 5.41) is 14.1. The molecule has 1 amide bonds. The van der Waals surface area contributed by atoms with E-state index in [9.17, 15) is 14.7 Å². The predicted molar refractivity (Wildman–Crippen MR) is 124 cm³/mol. The molecule has 1 saturated heterocycles. The lowest BCUT2D eigenvalue weighted by molar-refractivity contribution is -0.147. The van der Waals surface area contributed by atoms with Gasteiger partial charge < -0.3 is 15.2 Å². The Morgan fingerprint density at radius 3 is 2.59 bits per heavy atom. The lowest BCUT2D eigenvalue weighted by Crippen LogP contribution is -2.51. The van der Waals surface area contributed by atoms with Crippen molar-refractivity contribution in [1.29, 1.82) is 0 Å². The van der Waals surface area contributed by atoms with E-state index >= 15 is 0 Å². The number of benzene rings is 2. The average Bonchev–Trinajstić information content (AvgIpc) is 3.21. The third-order valence-corrected chi connectivity index (χ3v) is 6.34. The molecule has 166 valence electrons. The fourth-order valence-corrected chi connectivity index (χ4v) is 4.48. The molecule has 2 heterocycles. The van der Waals surface area contributed by atoms with E-state index in [4.69, 9.17) is 27.9 Å². The van der Waals surface area contributed by atoms with Crippen LogP contribution in [0.3, 0.4) is 0 Å². The predicted octanol–water partition coefficient (Wildman–Crippen LogP) is 4.89. The highest BCUT2D eigenvalue weighted by atomic mass is 35.5. The van der Waals surface area contributed by atoms with Crippen molar-refractivity contribution in [2.45, 2.75) is 37.8 Å². The van der Waals surface area contributed by atoms with Crippen molar-refractivity contribution in [3.05, 3.63) is 64.1 Å². The van der Waals surface area contributed by atoms with Gasteiger partial charge in [-0.2, -0.15) is 0 Å². The molecule has 0 bridgehead atoms. The van der Waals surface area contributed by atoms with Crippen LogP contribution in [0.5, 0.6) is 0 Å². The van der Waals surface area contributed by atoms with Crippen LogP contribution in [0.4, 0.5) is 0 Å². The van der Waals surface area contributed by atoms with E-state index in [0.29, 0.717) is 34.3 Å². The maximum Gasteiger partial charge on any atom is 0.326 e. The Labute approximate surface area is 195 Å². The summed E-state index contributed by atoms with van der Waals surface area (Å²) < 4.78 is 5.52. The minimum Gasteiger partial charge on any atom is -0.480 e. The first kappa shape index (κ1) is 22.5. The zero-order chi connectivity index (χ0) is 22.9. The van der Waals surface area contributed by atoms with Crippen LogP contribution in [0, 0.1) is 0 Å². The van der Waals surface area contributed by atoms with Crippen molar-refractivity contribution in [3.63, 3.8) is 0 Å². The first-order valence-electron chi connectivity index (χ1n) is 10.3. The number of carboxylic acids is 1. The van der Waals surface area contributed by atoms with Crippen LogP contribution in [0.25, 0.3) is 22.2 Å². The zero-order valence-corrected chi connectivity index (χ0v) is 18.9. The number of ether oxygens (including phenoxy) is 1. The second kappa shape index (κ2) is 9.06. The highest BCUT2D eigenvalue weighted by molar-refractivity contribution is 6.39. The van der Waals surface area contributed by atoms with Gasteiger partial charge in [-0.3, -0.25) is 4.79 Å². The van der Waals surface area contributed by atoms with E-state index in [0.717, 1.165) is 22.9 Å². The average molecular weight is 473 g/mol. The highest BCUT2D eigenvalue weighted by Gasteiger charge is 2.39. The van der Waals surface area contributed by atoms with Crippen molar-refractivity contribution in [2.75, 3.05) is 6.61 Å². The minimum atomic E-state index is -1.10. The number of carbonyl (C=O) groups excluding carboxylic acids is 1. The first-order valence-corrected chi connectivity index (χ1v) is 11.0. The summed E-state index contributed by atoms with van der Waals surface area (Å²) in [6, 6.07) is 13.5. The number of nitrogens with zero attached hydrogens (tertiary/aromatic N) is 1. The molecule has 1 aliphatic heterocycles. The summed E-state index contributed by atoms with van der Waals surface area (Å²) in [6.45, 7) is 2.19. The third kappa shape index (κ3) is 4.58. The number of carbonyl (C=O) groups is 2. The SMILES string of the molecule is C[C@@]1(C(=O)N[C@@H](Cc2ccc3nc(-c4c(Cl)cccc4Cl)ccc3c2)C(=O)O)CCCO1. The van der Waals surface area contributed by atoms with Crippen LogP contribution in [0.15, 0.2) is 48.5 Å². The molecule has 0 spiro atoms. The van der Waals surface area contributed by atoms with Gasteiger partial charge in [-0.1, -0.05) is 41.4 Å². The quantitative estimate of drug-likeness (QED) is 0.532. The summed E-state index contributed by atoms with van der Waals surface area (Å²) >= 11 is 12.6. The Bertz CT molecular complexity index is 1170. The van der Waals surface area contributed by atoms with E-state index in [1.165, 1.54) is 0 Å². The normalized spacial score (nSPS) is 19.1. The minimum absolute atomic E-state index is 0.144. The summed E-state index contributed by atoms with van der Waals surface area (Å²) in [5.74, 6) is -1.49. The molecule has 1 aliphatic rings. The van der Waals surface area contributed by atoms with Crippen LogP contribution in [0.1, 0.15) is 25.3 Å². The van der Waals surface area contributed by atoms with Crippen molar-refractivity contribution in [1.82, 2.24) is 10.3 Å². The molecule has 32 heavy (non-hydrogen) atoms. The maximum atomic E-state index is 12.6. The van der Waals surface area contributed by atoms with Gasteiger partial charge in [0.2, 0.25) is 0 Å². The second-order valence-electron chi connectivity index (χ2n) is 8.07. The fourth-order valence-electron chi connectivity index (χ4n) is 3.89. The molecule has 2 atom stereocenters. The summed E-state index contributed by atoms with van der Waals surface area (Å²) in [7, 11) is 0. The van der Waals surface area contributed by atoms with Gasteiger partial charge in [0.25, 0.3) is 5.91 Å². The van der Waals surface area contributed by atoms with Crippen molar-refractivity contribution < 1.29 is 19.4 Å². The number of carboxylic acid groups (broad SMARTS) is 1. The summed E-state index contributed by atoms with van der Waals surface area (Å²) in [4.78, 5) is 29.0. The highest BCUT2D eigenvalue weighted by Crippen LogP contribution is 2.34. The molecule has 2 N–H and O–H groups in total. The van der Waals surface area contributed by atoms with Crippen LogP contribution >= 0.6 is 23.2 Å². The van der Waals surface area contributed by atoms with Crippen LogP contribution in [-0.2, 0) is 20.7 Å². The molecular formula is C24H22Cl2N2O4. The molecule has 0 saturated carbocycles. The Morgan fingerprint density at radius 1 is 1.19 bits per heavy atom. The van der Waals surface area contributed by atoms with Gasteiger partial charge >= 0.3 is 5.97 Å². The molecule has 0 unspecified atom stereocenters. The second-order valence-corrected chi connectivity index (χ2v) is 8.89. The lowest BCUT2D eigenvalue weighted by Gasteiger charge is -2.24. The Kier molecular flexibility index (Phi) is 6.38. The monoisotopic (exact) mass is 472 g/mol. The molecular weight excluding hydrogens is 451 g/mol. The van der Waals surface area contributed by atoms with Gasteiger partial charge in [-0.15, -0.1) is 0 Å². The first-order chi connectivity index (χ1) is 15.3. The Morgan fingerprint density at radius 2 is 1.94 bits per heavy atom. The maximum absolute atomic E-state index is 12.6. The number of nitrogens with one attached hydrogen (secondary N) is 1. The van der Waals surface area contributed by atoms with Crippen molar-refractivity contribution in [3.8, 4) is 11.3 Å². The summed E-state index contributed by atoms with van der Waals surface area (Å²) in [6.07, 6.45) is 1.50. The number of aliphatic carboxylic acids is 1. The molecule has 1 fully saturated rings. The van der Waals surface area contributed by atoms with Crippen LogP contribution < -0.4 is 5.32 Å².